The van der Waals surface area contributed by atoms with Gasteiger partial charge in [0.1, 0.15) is 5.60 Å². The van der Waals surface area contributed by atoms with E-state index >= 15 is 0 Å². The van der Waals surface area contributed by atoms with Gasteiger partial charge in [0.25, 0.3) is 0 Å². The van der Waals surface area contributed by atoms with E-state index in [1.165, 1.54) is 6.07 Å². The Morgan fingerprint density at radius 1 is 1.04 bits per heavy atom. The quantitative estimate of drug-likeness (QED) is 0.804. The summed E-state index contributed by atoms with van der Waals surface area (Å²) in [5.41, 5.74) is 0.332. The van der Waals surface area contributed by atoms with Crippen LogP contribution in [-0.2, 0) is 11.8 Å². The number of nitrogens with one attached hydrogen (secondary N) is 1. The van der Waals surface area contributed by atoms with Crippen LogP contribution >= 0.6 is 0 Å². The van der Waals surface area contributed by atoms with Crippen molar-refractivity contribution >= 4 is 11.4 Å². The zero-order chi connectivity index (χ0) is 18.5. The van der Waals surface area contributed by atoms with Crippen LogP contribution in [0.25, 0.3) is 0 Å². The number of para-hydroxylation sites is 1. The van der Waals surface area contributed by atoms with Gasteiger partial charge >= 0.3 is 6.18 Å². The van der Waals surface area contributed by atoms with Gasteiger partial charge in [-0.1, -0.05) is 18.2 Å². The van der Waals surface area contributed by atoms with Crippen LogP contribution in [0.5, 0.6) is 0 Å². The summed E-state index contributed by atoms with van der Waals surface area (Å²) in [6.45, 7) is 1.50. The summed E-state index contributed by atoms with van der Waals surface area (Å²) in [5.74, 6) is -0.138. The molecule has 3 nitrogen and oxygen atoms in total. The van der Waals surface area contributed by atoms with E-state index in [1.807, 2.05) is 36.2 Å². The molecule has 0 aromatic heterocycles. The number of fused-ring (bicyclic) bond motifs is 2. The molecule has 2 aliphatic heterocycles. The monoisotopic (exact) mass is 362 g/mol. The van der Waals surface area contributed by atoms with E-state index in [2.05, 4.69) is 5.32 Å². The van der Waals surface area contributed by atoms with Crippen molar-refractivity contribution in [3.63, 3.8) is 0 Å². The molecule has 138 valence electrons. The number of aliphatic hydroxyl groups is 1. The topological polar surface area (TPSA) is 35.5 Å². The first-order valence-corrected chi connectivity index (χ1v) is 8.81. The first kappa shape index (κ1) is 17.4. The minimum atomic E-state index is -4.44. The Balaban J connectivity index is 1.97. The van der Waals surface area contributed by atoms with Crippen molar-refractivity contribution in [1.82, 2.24) is 5.32 Å². The van der Waals surface area contributed by atoms with Gasteiger partial charge in [0.05, 0.1) is 5.56 Å². The first-order valence-electron chi connectivity index (χ1n) is 8.81. The second kappa shape index (κ2) is 5.99. The molecule has 6 heteroatoms. The van der Waals surface area contributed by atoms with Gasteiger partial charge in [-0.15, -0.1) is 0 Å². The van der Waals surface area contributed by atoms with Gasteiger partial charge < -0.3 is 15.3 Å². The molecule has 0 radical (unpaired) electrons. The maximum Gasteiger partial charge on any atom is 0.416 e. The number of alkyl halides is 3. The highest BCUT2D eigenvalue weighted by Crippen LogP contribution is 2.53. The van der Waals surface area contributed by atoms with E-state index in [1.54, 1.807) is 0 Å². The van der Waals surface area contributed by atoms with Crippen LogP contribution in [0.4, 0.5) is 24.5 Å². The molecule has 1 unspecified atom stereocenters. The third-order valence-corrected chi connectivity index (χ3v) is 5.70. The molecule has 1 atom stereocenters. The Hall–Kier alpha value is -2.05. The second-order valence-electron chi connectivity index (χ2n) is 7.10. The summed E-state index contributed by atoms with van der Waals surface area (Å²) in [4.78, 5) is 1.86. The highest BCUT2D eigenvalue weighted by atomic mass is 19.4. The fraction of sp³-hybridized carbons (Fsp3) is 0.400. The molecule has 0 bridgehead atoms. The van der Waals surface area contributed by atoms with E-state index in [0.717, 1.165) is 30.9 Å². The molecule has 1 saturated heterocycles. The lowest BCUT2D eigenvalue weighted by Gasteiger charge is -2.46. The zero-order valence-corrected chi connectivity index (χ0v) is 14.5. The van der Waals surface area contributed by atoms with Crippen LogP contribution < -0.4 is 10.2 Å². The number of benzene rings is 2. The maximum absolute atomic E-state index is 13.3. The molecule has 4 rings (SSSR count). The molecule has 0 aliphatic carbocycles. The summed E-state index contributed by atoms with van der Waals surface area (Å²) >= 11 is 0. The predicted octanol–water partition coefficient (Wildman–Crippen LogP) is 4.02. The molecule has 2 aromatic carbocycles. The summed E-state index contributed by atoms with van der Waals surface area (Å²) in [6, 6.07) is 11.1. The number of piperidine rings is 1. The molecule has 2 aromatic rings. The minimum absolute atomic E-state index is 0.138. The van der Waals surface area contributed by atoms with E-state index in [-0.39, 0.29) is 5.92 Å². The molecule has 2 N–H and O–H groups in total. The minimum Gasteiger partial charge on any atom is -0.380 e. The van der Waals surface area contributed by atoms with Crippen LogP contribution in [0.2, 0.25) is 0 Å². The summed E-state index contributed by atoms with van der Waals surface area (Å²) in [6.07, 6.45) is -3.02. The fourth-order valence-electron chi connectivity index (χ4n) is 4.35. The average Bonchev–Trinajstić information content (AvgIpc) is 2.65. The Morgan fingerprint density at radius 2 is 1.69 bits per heavy atom. The molecular formula is C20H21F3N2O. The lowest BCUT2D eigenvalue weighted by Crippen LogP contribution is -2.46. The van der Waals surface area contributed by atoms with E-state index in [9.17, 15) is 18.3 Å². The third-order valence-electron chi connectivity index (χ3n) is 5.70. The molecule has 1 fully saturated rings. The largest absolute Gasteiger partial charge is 0.416 e. The van der Waals surface area contributed by atoms with Gasteiger partial charge in [-0.2, -0.15) is 13.2 Å². The Kier molecular flexibility index (Phi) is 4.00. The average molecular weight is 362 g/mol. The van der Waals surface area contributed by atoms with Crippen LogP contribution in [0.1, 0.15) is 29.5 Å². The van der Waals surface area contributed by atoms with Gasteiger partial charge in [-0.3, -0.25) is 0 Å². The molecule has 26 heavy (non-hydrogen) atoms. The van der Waals surface area contributed by atoms with Crippen molar-refractivity contribution in [3.8, 4) is 0 Å². The van der Waals surface area contributed by atoms with Gasteiger partial charge in [0, 0.05) is 29.5 Å². The lowest BCUT2D eigenvalue weighted by molar-refractivity contribution is -0.137. The van der Waals surface area contributed by atoms with Gasteiger partial charge in [-0.05, 0) is 56.1 Å². The van der Waals surface area contributed by atoms with Crippen LogP contribution in [0.3, 0.4) is 0 Å². The molecule has 2 aliphatic rings. The van der Waals surface area contributed by atoms with Crippen molar-refractivity contribution in [2.45, 2.75) is 24.6 Å². The van der Waals surface area contributed by atoms with E-state index in [0.29, 0.717) is 29.7 Å². The lowest BCUT2D eigenvalue weighted by atomic mass is 9.69. The zero-order valence-electron chi connectivity index (χ0n) is 14.5. The smallest absolute Gasteiger partial charge is 0.380 e. The Morgan fingerprint density at radius 3 is 2.38 bits per heavy atom. The maximum atomic E-state index is 13.3. The molecule has 2 heterocycles. The SMILES string of the molecule is CN1c2ccccc2C(O)(C2CCNCC2)c2cc(C(F)(F)F)ccc21. The second-order valence-corrected chi connectivity index (χ2v) is 7.10. The standard InChI is InChI=1S/C20H21F3N2O/c1-25-17-5-3-2-4-15(17)19(26,13-8-10-24-11-9-13)16-12-14(20(21,22)23)6-7-18(16)25/h2-7,12-13,24,26H,8-11H2,1H3. The van der Waals surface area contributed by atoms with Crippen molar-refractivity contribution in [1.29, 1.82) is 0 Å². The predicted molar refractivity (Wildman–Crippen MR) is 94.5 cm³/mol. The number of halogens is 3. The van der Waals surface area contributed by atoms with Crippen LogP contribution in [0.15, 0.2) is 42.5 Å². The van der Waals surface area contributed by atoms with Gasteiger partial charge in [0.2, 0.25) is 0 Å². The highest BCUT2D eigenvalue weighted by molar-refractivity contribution is 5.77. The van der Waals surface area contributed by atoms with E-state index in [4.69, 9.17) is 0 Å². The Labute approximate surface area is 150 Å². The summed E-state index contributed by atoms with van der Waals surface area (Å²) in [5, 5.41) is 15.1. The molecular weight excluding hydrogens is 341 g/mol. The summed E-state index contributed by atoms with van der Waals surface area (Å²) < 4.78 is 40.0. The van der Waals surface area contributed by atoms with Gasteiger partial charge in [0.15, 0.2) is 0 Å². The number of hydrogen-bond donors (Lipinski definition) is 2. The van der Waals surface area contributed by atoms with Crippen molar-refractivity contribution in [3.05, 3.63) is 59.2 Å². The highest BCUT2D eigenvalue weighted by Gasteiger charge is 2.47. The first-order chi connectivity index (χ1) is 12.3. The van der Waals surface area contributed by atoms with E-state index < -0.39 is 17.3 Å². The van der Waals surface area contributed by atoms with Crippen LogP contribution in [0, 0.1) is 5.92 Å². The number of nitrogens with zero attached hydrogens (tertiary/aromatic N) is 1. The normalized spacial score (nSPS) is 23.5. The number of anilines is 2. The number of hydrogen-bond acceptors (Lipinski definition) is 3. The Bertz CT molecular complexity index is 830. The molecule has 0 saturated carbocycles. The summed E-state index contributed by atoms with van der Waals surface area (Å²) in [7, 11) is 1.83. The number of rotatable bonds is 1. The van der Waals surface area contributed by atoms with Crippen LogP contribution in [-0.4, -0.2) is 25.2 Å². The molecule has 0 amide bonds. The van der Waals surface area contributed by atoms with Crippen molar-refractivity contribution in [2.24, 2.45) is 5.92 Å². The third kappa shape index (κ3) is 2.51. The fourth-order valence-corrected chi connectivity index (χ4v) is 4.35. The van der Waals surface area contributed by atoms with Crippen molar-refractivity contribution in [2.75, 3.05) is 25.0 Å². The molecule has 0 spiro atoms. The van der Waals surface area contributed by atoms with Crippen molar-refractivity contribution < 1.29 is 18.3 Å². The van der Waals surface area contributed by atoms with Gasteiger partial charge in [-0.25, -0.2) is 0 Å².